The average molecular weight is 361 g/mol. The summed E-state index contributed by atoms with van der Waals surface area (Å²) in [4.78, 5) is 0. The van der Waals surface area contributed by atoms with Crippen LogP contribution in [0.5, 0.6) is 0 Å². The Labute approximate surface area is 131 Å². The van der Waals surface area contributed by atoms with Crippen LogP contribution in [0.3, 0.4) is 0 Å². The number of likely N-dealkylation sites (N-methyl/N-ethyl adjacent to an activating group) is 1. The lowest BCUT2D eigenvalue weighted by Crippen LogP contribution is -2.20. The van der Waals surface area contributed by atoms with Gasteiger partial charge in [-0.3, -0.25) is 4.68 Å². The third-order valence-corrected chi connectivity index (χ3v) is 4.24. The molecule has 1 N–H and O–H groups in total. The van der Waals surface area contributed by atoms with Crippen molar-refractivity contribution in [2.24, 2.45) is 7.05 Å². The minimum Gasteiger partial charge on any atom is -0.313 e. The van der Waals surface area contributed by atoms with Crippen LogP contribution >= 0.6 is 27.5 Å². The number of rotatable bonds is 4. The summed E-state index contributed by atoms with van der Waals surface area (Å²) < 4.78 is 16.0. The van der Waals surface area contributed by atoms with Gasteiger partial charge in [-0.1, -0.05) is 27.5 Å². The second-order valence-corrected chi connectivity index (χ2v) is 6.01. The van der Waals surface area contributed by atoms with E-state index in [1.807, 2.05) is 27.1 Å². The molecule has 0 aliphatic carbocycles. The summed E-state index contributed by atoms with van der Waals surface area (Å²) in [5.41, 5.74) is 2.61. The summed E-state index contributed by atoms with van der Waals surface area (Å²) in [5.74, 6) is -0.262. The molecule has 1 atom stereocenters. The quantitative estimate of drug-likeness (QED) is 0.899. The van der Waals surface area contributed by atoms with Gasteiger partial charge in [0.25, 0.3) is 0 Å². The summed E-state index contributed by atoms with van der Waals surface area (Å²) in [5, 5.41) is 8.17. The van der Waals surface area contributed by atoms with Gasteiger partial charge in [-0.15, -0.1) is 0 Å². The maximum atomic E-state index is 13.5. The highest BCUT2D eigenvalue weighted by molar-refractivity contribution is 9.10. The number of hydrogen-bond acceptors (Lipinski definition) is 2. The molecule has 0 bridgehead atoms. The first kappa shape index (κ1) is 15.5. The molecule has 2 aromatic rings. The zero-order chi connectivity index (χ0) is 14.9. The lowest BCUT2D eigenvalue weighted by Gasteiger charge is -2.17. The smallest absolute Gasteiger partial charge is 0.124 e. The summed E-state index contributed by atoms with van der Waals surface area (Å²) >= 11 is 9.59. The minimum absolute atomic E-state index is 0.0331. The van der Waals surface area contributed by atoms with Crippen LogP contribution in [0.2, 0.25) is 5.02 Å². The lowest BCUT2D eigenvalue weighted by atomic mass is 10.0. The minimum atomic E-state index is -0.262. The van der Waals surface area contributed by atoms with Gasteiger partial charge in [0.1, 0.15) is 5.82 Å². The summed E-state index contributed by atoms with van der Waals surface area (Å²) in [6, 6.07) is 4.84. The first-order valence-electron chi connectivity index (χ1n) is 6.23. The van der Waals surface area contributed by atoms with Gasteiger partial charge in [0.15, 0.2) is 0 Å². The van der Waals surface area contributed by atoms with Crippen LogP contribution in [0.25, 0.3) is 0 Å². The van der Waals surface area contributed by atoms with Crippen molar-refractivity contribution in [3.8, 4) is 0 Å². The Bertz CT molecular complexity index is 607. The third kappa shape index (κ3) is 3.22. The summed E-state index contributed by atoms with van der Waals surface area (Å²) in [6.45, 7) is 1.87. The molecule has 1 aromatic carbocycles. The molecule has 20 heavy (non-hydrogen) atoms. The molecule has 0 aliphatic rings. The number of halogens is 3. The van der Waals surface area contributed by atoms with Crippen LogP contribution in [0.15, 0.2) is 22.7 Å². The Hall–Kier alpha value is -0.910. The molecule has 0 aliphatic heterocycles. The molecule has 0 radical (unpaired) electrons. The number of aromatic nitrogens is 2. The predicted octanol–water partition coefficient (Wildman–Crippen LogP) is 3.79. The van der Waals surface area contributed by atoms with E-state index in [1.54, 1.807) is 4.68 Å². The first-order valence-corrected chi connectivity index (χ1v) is 7.40. The first-order chi connectivity index (χ1) is 9.42. The highest BCUT2D eigenvalue weighted by atomic mass is 79.9. The van der Waals surface area contributed by atoms with E-state index >= 15 is 0 Å². The number of hydrogen-bond donors (Lipinski definition) is 1. The lowest BCUT2D eigenvalue weighted by molar-refractivity contribution is 0.553. The molecule has 0 fully saturated rings. The molecule has 3 nitrogen and oxygen atoms in total. The van der Waals surface area contributed by atoms with E-state index in [0.717, 1.165) is 21.4 Å². The normalized spacial score (nSPS) is 12.7. The topological polar surface area (TPSA) is 29.9 Å². The van der Waals surface area contributed by atoms with Crippen LogP contribution in [0.1, 0.15) is 23.0 Å². The molecule has 0 spiro atoms. The number of nitrogens with zero attached hydrogens (tertiary/aromatic N) is 2. The molecular formula is C14H16BrClFN3. The summed E-state index contributed by atoms with van der Waals surface area (Å²) in [6.07, 6.45) is 0.641. The van der Waals surface area contributed by atoms with Crippen LogP contribution < -0.4 is 5.32 Å². The van der Waals surface area contributed by atoms with E-state index in [0.29, 0.717) is 11.4 Å². The largest absolute Gasteiger partial charge is 0.313 e. The standard InChI is InChI=1S/C14H16BrClFN3/c1-8-14(16)13(20(3)19-8)7-12(18-2)9-4-10(15)6-11(17)5-9/h4-6,12,18H,7H2,1-3H3. The van der Waals surface area contributed by atoms with E-state index in [9.17, 15) is 4.39 Å². The highest BCUT2D eigenvalue weighted by Gasteiger charge is 2.18. The maximum absolute atomic E-state index is 13.5. The SMILES string of the molecule is CNC(Cc1c(Cl)c(C)nn1C)c1cc(F)cc(Br)c1. The Balaban J connectivity index is 2.33. The zero-order valence-electron chi connectivity index (χ0n) is 11.5. The van der Waals surface area contributed by atoms with Gasteiger partial charge in [0.2, 0.25) is 0 Å². The van der Waals surface area contributed by atoms with E-state index in [-0.39, 0.29) is 11.9 Å². The van der Waals surface area contributed by atoms with Crippen molar-refractivity contribution in [2.75, 3.05) is 7.05 Å². The van der Waals surface area contributed by atoms with Crippen molar-refractivity contribution in [3.05, 3.63) is 50.5 Å². The van der Waals surface area contributed by atoms with E-state index in [1.165, 1.54) is 12.1 Å². The van der Waals surface area contributed by atoms with Gasteiger partial charge < -0.3 is 5.32 Å². The number of benzene rings is 1. The number of aryl methyl sites for hydroxylation is 2. The Morgan fingerprint density at radius 3 is 2.65 bits per heavy atom. The van der Waals surface area contributed by atoms with Gasteiger partial charge in [-0.05, 0) is 37.7 Å². The maximum Gasteiger partial charge on any atom is 0.124 e. The molecule has 1 aromatic heterocycles. The molecule has 0 saturated carbocycles. The molecule has 0 amide bonds. The van der Waals surface area contributed by atoms with Gasteiger partial charge in [0, 0.05) is 24.0 Å². The van der Waals surface area contributed by atoms with Gasteiger partial charge in [-0.2, -0.15) is 5.10 Å². The third-order valence-electron chi connectivity index (χ3n) is 3.29. The molecule has 1 heterocycles. The molecule has 6 heteroatoms. The van der Waals surface area contributed by atoms with Crippen LogP contribution in [0, 0.1) is 12.7 Å². The van der Waals surface area contributed by atoms with Gasteiger partial charge >= 0.3 is 0 Å². The van der Waals surface area contributed by atoms with Crippen LogP contribution in [-0.4, -0.2) is 16.8 Å². The zero-order valence-corrected chi connectivity index (χ0v) is 13.9. The molecule has 0 saturated heterocycles. The fourth-order valence-electron chi connectivity index (χ4n) is 2.26. The Morgan fingerprint density at radius 1 is 1.45 bits per heavy atom. The van der Waals surface area contributed by atoms with Crippen molar-refractivity contribution in [2.45, 2.75) is 19.4 Å². The Morgan fingerprint density at radius 2 is 2.15 bits per heavy atom. The fraction of sp³-hybridized carbons (Fsp3) is 0.357. The van der Waals surface area contributed by atoms with Crippen molar-refractivity contribution in [3.63, 3.8) is 0 Å². The van der Waals surface area contributed by atoms with E-state index in [2.05, 4.69) is 26.3 Å². The second kappa shape index (κ2) is 6.24. The van der Waals surface area contributed by atoms with Crippen molar-refractivity contribution in [1.82, 2.24) is 15.1 Å². The summed E-state index contributed by atoms with van der Waals surface area (Å²) in [7, 11) is 3.71. The predicted molar refractivity (Wildman–Crippen MR) is 82.6 cm³/mol. The fourth-order valence-corrected chi connectivity index (χ4v) is 2.98. The van der Waals surface area contributed by atoms with Crippen molar-refractivity contribution >= 4 is 27.5 Å². The van der Waals surface area contributed by atoms with E-state index in [4.69, 9.17) is 11.6 Å². The van der Waals surface area contributed by atoms with Crippen LogP contribution in [-0.2, 0) is 13.5 Å². The van der Waals surface area contributed by atoms with E-state index < -0.39 is 0 Å². The highest BCUT2D eigenvalue weighted by Crippen LogP contribution is 2.27. The van der Waals surface area contributed by atoms with Crippen molar-refractivity contribution < 1.29 is 4.39 Å². The van der Waals surface area contributed by atoms with Gasteiger partial charge in [0.05, 0.1) is 16.4 Å². The van der Waals surface area contributed by atoms with Gasteiger partial charge in [-0.25, -0.2) is 4.39 Å². The van der Waals surface area contributed by atoms with Crippen LogP contribution in [0.4, 0.5) is 4.39 Å². The molecule has 1 unspecified atom stereocenters. The molecular weight excluding hydrogens is 345 g/mol. The average Bonchev–Trinajstić information content (AvgIpc) is 2.60. The molecule has 2 rings (SSSR count). The second-order valence-electron chi connectivity index (χ2n) is 4.72. The monoisotopic (exact) mass is 359 g/mol. The number of nitrogens with one attached hydrogen (secondary N) is 1. The Kier molecular flexibility index (Phi) is 4.83. The molecule has 108 valence electrons. The van der Waals surface area contributed by atoms with Crippen molar-refractivity contribution in [1.29, 1.82) is 0 Å².